The van der Waals surface area contributed by atoms with Crippen LogP contribution >= 0.6 is 0 Å². The summed E-state index contributed by atoms with van der Waals surface area (Å²) in [6.07, 6.45) is 2.07. The number of amides is 2. The summed E-state index contributed by atoms with van der Waals surface area (Å²) >= 11 is 0. The maximum atomic E-state index is 12.0. The smallest absolute Gasteiger partial charge is 0.318 e. The molecule has 1 aliphatic heterocycles. The molecule has 1 unspecified atom stereocenters. The third-order valence-corrected chi connectivity index (χ3v) is 3.02. The van der Waals surface area contributed by atoms with Crippen molar-refractivity contribution in [2.45, 2.75) is 39.4 Å². The molecule has 2 amide bonds. The van der Waals surface area contributed by atoms with Crippen molar-refractivity contribution in [2.75, 3.05) is 6.54 Å². The summed E-state index contributed by atoms with van der Waals surface area (Å²) in [5.74, 6) is 0. The highest BCUT2D eigenvalue weighted by Crippen LogP contribution is 2.25. The predicted octanol–water partition coefficient (Wildman–Crippen LogP) is 1.98. The van der Waals surface area contributed by atoms with Gasteiger partial charge in [0.05, 0.1) is 6.04 Å². The molecule has 1 aliphatic rings. The van der Waals surface area contributed by atoms with Gasteiger partial charge >= 0.3 is 6.03 Å². The molecule has 4 nitrogen and oxygen atoms in total. The molecule has 16 heavy (non-hydrogen) atoms. The number of hydrogen-bond donors (Lipinski definition) is 1. The summed E-state index contributed by atoms with van der Waals surface area (Å²) in [5, 5.41) is 2.94. The molecule has 1 aromatic heterocycles. The van der Waals surface area contributed by atoms with E-state index in [9.17, 15) is 4.79 Å². The van der Waals surface area contributed by atoms with Gasteiger partial charge in [-0.1, -0.05) is 0 Å². The highest BCUT2D eigenvalue weighted by molar-refractivity contribution is 5.75. The Labute approximate surface area is 96.2 Å². The molecule has 2 heterocycles. The largest absolute Gasteiger partial charge is 0.348 e. The second-order valence-corrected chi connectivity index (χ2v) is 4.60. The lowest BCUT2D eigenvalue weighted by atomic mass is 10.1. The maximum Gasteiger partial charge on any atom is 0.318 e. The SMILES string of the molecule is CC(C)NC(=O)N1CCn2cccc2C1C. The first-order chi connectivity index (χ1) is 7.59. The van der Waals surface area contributed by atoms with Gasteiger partial charge < -0.3 is 14.8 Å². The van der Waals surface area contributed by atoms with Crippen LogP contribution in [0.4, 0.5) is 4.79 Å². The first-order valence-electron chi connectivity index (χ1n) is 5.81. The van der Waals surface area contributed by atoms with Crippen molar-refractivity contribution >= 4 is 6.03 Å². The van der Waals surface area contributed by atoms with Gasteiger partial charge in [-0.2, -0.15) is 0 Å². The van der Waals surface area contributed by atoms with Crippen LogP contribution in [0.5, 0.6) is 0 Å². The molecule has 0 radical (unpaired) electrons. The predicted molar refractivity (Wildman–Crippen MR) is 63.2 cm³/mol. The summed E-state index contributed by atoms with van der Waals surface area (Å²) in [4.78, 5) is 13.9. The van der Waals surface area contributed by atoms with Crippen LogP contribution in [0.25, 0.3) is 0 Å². The normalized spacial score (nSPS) is 19.8. The second kappa shape index (κ2) is 4.20. The minimum atomic E-state index is 0.0370. The minimum absolute atomic E-state index is 0.0370. The molecule has 1 atom stereocenters. The summed E-state index contributed by atoms with van der Waals surface area (Å²) in [7, 11) is 0. The Morgan fingerprint density at radius 3 is 2.94 bits per heavy atom. The van der Waals surface area contributed by atoms with Gasteiger partial charge in [-0.3, -0.25) is 0 Å². The highest BCUT2D eigenvalue weighted by atomic mass is 16.2. The van der Waals surface area contributed by atoms with Crippen LogP contribution in [-0.2, 0) is 6.54 Å². The van der Waals surface area contributed by atoms with Crippen molar-refractivity contribution in [1.29, 1.82) is 0 Å². The van der Waals surface area contributed by atoms with Crippen molar-refractivity contribution < 1.29 is 4.79 Å². The topological polar surface area (TPSA) is 37.3 Å². The van der Waals surface area contributed by atoms with E-state index < -0.39 is 0 Å². The van der Waals surface area contributed by atoms with Gasteiger partial charge in [0.15, 0.2) is 0 Å². The first-order valence-corrected chi connectivity index (χ1v) is 5.81. The summed E-state index contributed by atoms with van der Waals surface area (Å²) < 4.78 is 2.21. The molecule has 4 heteroatoms. The number of nitrogens with one attached hydrogen (secondary N) is 1. The van der Waals surface area contributed by atoms with Gasteiger partial charge in [-0.05, 0) is 32.9 Å². The van der Waals surface area contributed by atoms with E-state index in [0.29, 0.717) is 0 Å². The maximum absolute atomic E-state index is 12.0. The van der Waals surface area contributed by atoms with Gasteiger partial charge in [-0.15, -0.1) is 0 Å². The molecular weight excluding hydrogens is 202 g/mol. The Morgan fingerprint density at radius 1 is 1.50 bits per heavy atom. The van der Waals surface area contributed by atoms with E-state index in [4.69, 9.17) is 0 Å². The fraction of sp³-hybridized carbons (Fsp3) is 0.583. The molecule has 1 aromatic rings. The van der Waals surface area contributed by atoms with Crippen LogP contribution in [0.1, 0.15) is 32.5 Å². The van der Waals surface area contributed by atoms with Gasteiger partial charge in [0.1, 0.15) is 0 Å². The Morgan fingerprint density at radius 2 is 2.25 bits per heavy atom. The number of fused-ring (bicyclic) bond motifs is 1. The molecule has 0 spiro atoms. The van der Waals surface area contributed by atoms with Crippen molar-refractivity contribution in [3.63, 3.8) is 0 Å². The lowest BCUT2D eigenvalue weighted by Gasteiger charge is -2.35. The second-order valence-electron chi connectivity index (χ2n) is 4.60. The van der Waals surface area contributed by atoms with Crippen LogP contribution in [0.2, 0.25) is 0 Å². The lowest BCUT2D eigenvalue weighted by molar-refractivity contribution is 0.160. The number of carbonyl (C=O) groups is 1. The van der Waals surface area contributed by atoms with Crippen LogP contribution in [0, 0.1) is 0 Å². The lowest BCUT2D eigenvalue weighted by Crippen LogP contribution is -2.47. The average Bonchev–Trinajstić information content (AvgIpc) is 2.65. The quantitative estimate of drug-likeness (QED) is 0.773. The molecule has 0 aromatic carbocycles. The molecular formula is C12H19N3O. The molecule has 2 rings (SSSR count). The average molecular weight is 221 g/mol. The number of nitrogens with zero attached hydrogens (tertiary/aromatic N) is 2. The number of hydrogen-bond acceptors (Lipinski definition) is 1. The van der Waals surface area contributed by atoms with Gasteiger partial charge in [0.25, 0.3) is 0 Å². The van der Waals surface area contributed by atoms with E-state index in [1.807, 2.05) is 24.8 Å². The van der Waals surface area contributed by atoms with Gasteiger partial charge in [-0.25, -0.2) is 4.79 Å². The molecule has 0 bridgehead atoms. The zero-order valence-corrected chi connectivity index (χ0v) is 10.1. The van der Waals surface area contributed by atoms with E-state index >= 15 is 0 Å². The first kappa shape index (κ1) is 11.0. The third-order valence-electron chi connectivity index (χ3n) is 3.02. The zero-order chi connectivity index (χ0) is 11.7. The Hall–Kier alpha value is -1.45. The number of carbonyl (C=O) groups excluding carboxylic acids is 1. The van der Waals surface area contributed by atoms with E-state index in [1.165, 1.54) is 5.69 Å². The van der Waals surface area contributed by atoms with Crippen molar-refractivity contribution in [1.82, 2.24) is 14.8 Å². The fourth-order valence-electron chi connectivity index (χ4n) is 2.19. The third kappa shape index (κ3) is 1.92. The van der Waals surface area contributed by atoms with Gasteiger partial charge in [0, 0.05) is 31.0 Å². The van der Waals surface area contributed by atoms with Crippen molar-refractivity contribution in [3.05, 3.63) is 24.0 Å². The van der Waals surface area contributed by atoms with Crippen LogP contribution in [-0.4, -0.2) is 28.1 Å². The van der Waals surface area contributed by atoms with E-state index in [2.05, 4.69) is 29.1 Å². The number of urea groups is 1. The fourth-order valence-corrected chi connectivity index (χ4v) is 2.19. The standard InChI is InChI=1S/C12H19N3O/c1-9(2)13-12(16)15-8-7-14-6-4-5-11(14)10(15)3/h4-6,9-10H,7-8H2,1-3H3,(H,13,16). The van der Waals surface area contributed by atoms with E-state index in [1.54, 1.807) is 0 Å². The van der Waals surface area contributed by atoms with E-state index in [-0.39, 0.29) is 18.1 Å². The Balaban J connectivity index is 2.12. The number of rotatable bonds is 1. The highest BCUT2D eigenvalue weighted by Gasteiger charge is 2.27. The summed E-state index contributed by atoms with van der Waals surface area (Å²) in [6, 6.07) is 4.50. The molecule has 88 valence electrons. The van der Waals surface area contributed by atoms with E-state index in [0.717, 1.165) is 13.1 Å². The monoisotopic (exact) mass is 221 g/mol. The van der Waals surface area contributed by atoms with Crippen molar-refractivity contribution in [3.8, 4) is 0 Å². The van der Waals surface area contributed by atoms with Crippen molar-refractivity contribution in [2.24, 2.45) is 0 Å². The molecule has 0 saturated heterocycles. The Kier molecular flexibility index (Phi) is 2.90. The van der Waals surface area contributed by atoms with Gasteiger partial charge in [0.2, 0.25) is 0 Å². The Bertz CT molecular complexity index is 383. The van der Waals surface area contributed by atoms with Crippen LogP contribution in [0.15, 0.2) is 18.3 Å². The minimum Gasteiger partial charge on any atom is -0.348 e. The number of aromatic nitrogens is 1. The molecule has 0 saturated carbocycles. The zero-order valence-electron chi connectivity index (χ0n) is 10.1. The van der Waals surface area contributed by atoms with Crippen LogP contribution < -0.4 is 5.32 Å². The molecule has 1 N–H and O–H groups in total. The summed E-state index contributed by atoms with van der Waals surface area (Å²) in [6.45, 7) is 7.70. The summed E-state index contributed by atoms with van der Waals surface area (Å²) in [5.41, 5.74) is 1.21. The molecule has 0 aliphatic carbocycles. The molecule has 0 fully saturated rings. The van der Waals surface area contributed by atoms with Crippen LogP contribution in [0.3, 0.4) is 0 Å².